The normalized spacial score (nSPS) is 16.9. The van der Waals surface area contributed by atoms with Gasteiger partial charge in [-0.2, -0.15) is 10.1 Å². The zero-order valence-corrected chi connectivity index (χ0v) is 23.7. The molecule has 2 saturated heterocycles. The molecule has 40 heavy (non-hydrogen) atoms. The number of benzene rings is 2. The molecule has 0 atom stereocenters. The summed E-state index contributed by atoms with van der Waals surface area (Å²) in [5.41, 5.74) is 6.45. The van der Waals surface area contributed by atoms with E-state index < -0.39 is 0 Å². The third kappa shape index (κ3) is 5.89. The summed E-state index contributed by atoms with van der Waals surface area (Å²) >= 11 is 0. The number of aromatic nitrogens is 4. The molecule has 0 spiro atoms. The average Bonchev–Trinajstić information content (AvgIpc) is 3.32. The van der Waals surface area contributed by atoms with Gasteiger partial charge in [-0.1, -0.05) is 18.2 Å². The third-order valence-corrected chi connectivity index (χ3v) is 7.94. The van der Waals surface area contributed by atoms with Crippen molar-refractivity contribution in [3.05, 3.63) is 59.8 Å². The van der Waals surface area contributed by atoms with E-state index >= 15 is 0 Å². The van der Waals surface area contributed by atoms with Gasteiger partial charge >= 0.3 is 0 Å². The highest BCUT2D eigenvalue weighted by Crippen LogP contribution is 2.29. The Hall–Kier alpha value is -3.73. The SMILES string of the molecule is Cc1cccc(C)c1Nc1nn(CCN2CCOCC2)c2nc(Nc3ccc(N4CCN(C)CC4)cc3)ncc12. The van der Waals surface area contributed by atoms with Crippen LogP contribution >= 0.6 is 0 Å². The fraction of sp³-hybridized carbons (Fsp3) is 0.433. The first-order valence-electron chi connectivity index (χ1n) is 14.2. The first-order chi connectivity index (χ1) is 19.5. The van der Waals surface area contributed by atoms with Gasteiger partial charge in [-0.15, -0.1) is 0 Å². The number of morpholine rings is 1. The Labute approximate surface area is 235 Å². The third-order valence-electron chi connectivity index (χ3n) is 7.94. The molecule has 0 radical (unpaired) electrons. The zero-order valence-electron chi connectivity index (χ0n) is 23.7. The molecule has 2 fully saturated rings. The van der Waals surface area contributed by atoms with Gasteiger partial charge in [-0.25, -0.2) is 9.67 Å². The smallest absolute Gasteiger partial charge is 0.229 e. The minimum absolute atomic E-state index is 0.561. The summed E-state index contributed by atoms with van der Waals surface area (Å²) in [5.74, 6) is 1.34. The number of nitrogens with zero attached hydrogens (tertiary/aromatic N) is 7. The van der Waals surface area contributed by atoms with Crippen molar-refractivity contribution in [2.24, 2.45) is 0 Å². The highest BCUT2D eigenvalue weighted by molar-refractivity contribution is 5.90. The number of hydrogen-bond acceptors (Lipinski definition) is 9. The molecule has 0 unspecified atom stereocenters. The van der Waals surface area contributed by atoms with Crippen LogP contribution in [0.1, 0.15) is 11.1 Å². The fourth-order valence-corrected chi connectivity index (χ4v) is 5.41. The molecule has 2 aromatic carbocycles. The first kappa shape index (κ1) is 26.5. The van der Waals surface area contributed by atoms with E-state index in [9.17, 15) is 0 Å². The van der Waals surface area contributed by atoms with Gasteiger partial charge in [0.05, 0.1) is 25.1 Å². The van der Waals surface area contributed by atoms with E-state index in [0.29, 0.717) is 5.95 Å². The lowest BCUT2D eigenvalue weighted by Crippen LogP contribution is -2.44. The molecule has 0 aliphatic carbocycles. The van der Waals surface area contributed by atoms with Crippen molar-refractivity contribution >= 4 is 39.9 Å². The van der Waals surface area contributed by atoms with Gasteiger partial charge in [0.2, 0.25) is 5.95 Å². The Bertz CT molecular complexity index is 1420. The Balaban J connectivity index is 1.25. The van der Waals surface area contributed by atoms with E-state index in [1.54, 1.807) is 0 Å². The van der Waals surface area contributed by atoms with Gasteiger partial charge in [-0.05, 0) is 56.3 Å². The topological polar surface area (TPSA) is 86.6 Å². The number of fused-ring (bicyclic) bond motifs is 1. The summed E-state index contributed by atoms with van der Waals surface area (Å²) < 4.78 is 7.53. The second-order valence-corrected chi connectivity index (χ2v) is 10.8. The highest BCUT2D eigenvalue weighted by Gasteiger charge is 2.18. The molecule has 2 aliphatic rings. The van der Waals surface area contributed by atoms with Crippen LogP contribution in [-0.2, 0) is 11.3 Å². The fourth-order valence-electron chi connectivity index (χ4n) is 5.41. The predicted molar refractivity (Wildman–Crippen MR) is 161 cm³/mol. The molecule has 0 saturated carbocycles. The summed E-state index contributed by atoms with van der Waals surface area (Å²) in [6.45, 7) is 13.6. The number of likely N-dealkylation sites (N-methyl/N-ethyl adjacent to an activating group) is 1. The summed E-state index contributed by atoms with van der Waals surface area (Å²) in [5, 5.41) is 12.9. The number of anilines is 5. The maximum Gasteiger partial charge on any atom is 0.229 e. The van der Waals surface area contributed by atoms with Gasteiger partial charge in [0, 0.05) is 69.1 Å². The van der Waals surface area contributed by atoms with Crippen molar-refractivity contribution in [2.45, 2.75) is 20.4 Å². The molecular weight excluding hydrogens is 502 g/mol. The second-order valence-electron chi connectivity index (χ2n) is 10.8. The van der Waals surface area contributed by atoms with Gasteiger partial charge in [-0.3, -0.25) is 4.90 Å². The maximum absolute atomic E-state index is 5.53. The largest absolute Gasteiger partial charge is 0.379 e. The molecule has 0 bridgehead atoms. The number of para-hydroxylation sites is 1. The number of aryl methyl sites for hydroxylation is 2. The van der Waals surface area contributed by atoms with Gasteiger partial charge < -0.3 is 25.2 Å². The van der Waals surface area contributed by atoms with E-state index in [0.717, 1.165) is 93.8 Å². The van der Waals surface area contributed by atoms with Crippen LogP contribution in [0.25, 0.3) is 11.0 Å². The van der Waals surface area contributed by atoms with E-state index in [-0.39, 0.29) is 0 Å². The quantitative estimate of drug-likeness (QED) is 0.344. The van der Waals surface area contributed by atoms with Crippen molar-refractivity contribution in [3.63, 3.8) is 0 Å². The molecular formula is C30H39N9O. The number of ether oxygens (including phenoxy) is 1. The van der Waals surface area contributed by atoms with Crippen LogP contribution in [0, 0.1) is 13.8 Å². The zero-order chi connectivity index (χ0) is 27.5. The molecule has 2 N–H and O–H groups in total. The number of nitrogens with one attached hydrogen (secondary N) is 2. The van der Waals surface area contributed by atoms with Crippen molar-refractivity contribution < 1.29 is 4.74 Å². The monoisotopic (exact) mass is 541 g/mol. The van der Waals surface area contributed by atoms with E-state index in [1.807, 2.05) is 10.9 Å². The second kappa shape index (κ2) is 11.8. The Kier molecular flexibility index (Phi) is 7.81. The van der Waals surface area contributed by atoms with Crippen molar-refractivity contribution in [1.82, 2.24) is 29.5 Å². The van der Waals surface area contributed by atoms with Crippen LogP contribution in [0.4, 0.5) is 28.8 Å². The van der Waals surface area contributed by atoms with Crippen LogP contribution in [0.3, 0.4) is 0 Å². The minimum atomic E-state index is 0.561. The number of hydrogen-bond donors (Lipinski definition) is 2. The predicted octanol–water partition coefficient (Wildman–Crippen LogP) is 4.01. The van der Waals surface area contributed by atoms with Gasteiger partial charge in [0.15, 0.2) is 11.5 Å². The summed E-state index contributed by atoms with van der Waals surface area (Å²) in [6, 6.07) is 14.8. The highest BCUT2D eigenvalue weighted by atomic mass is 16.5. The van der Waals surface area contributed by atoms with E-state index in [4.69, 9.17) is 14.8 Å². The lowest BCUT2D eigenvalue weighted by molar-refractivity contribution is 0.0361. The molecule has 4 heterocycles. The molecule has 2 aliphatic heterocycles. The minimum Gasteiger partial charge on any atom is -0.379 e. The summed E-state index contributed by atoms with van der Waals surface area (Å²) in [4.78, 5) is 16.8. The van der Waals surface area contributed by atoms with Gasteiger partial charge in [0.25, 0.3) is 0 Å². The molecule has 0 amide bonds. The average molecular weight is 542 g/mol. The Morgan fingerprint density at radius 3 is 2.30 bits per heavy atom. The first-order valence-corrected chi connectivity index (χ1v) is 14.2. The lowest BCUT2D eigenvalue weighted by atomic mass is 10.1. The lowest BCUT2D eigenvalue weighted by Gasteiger charge is -2.34. The Morgan fingerprint density at radius 2 is 1.57 bits per heavy atom. The van der Waals surface area contributed by atoms with E-state index in [2.05, 4.69) is 93.7 Å². The van der Waals surface area contributed by atoms with Crippen LogP contribution in [0.5, 0.6) is 0 Å². The van der Waals surface area contributed by atoms with Crippen LogP contribution < -0.4 is 15.5 Å². The maximum atomic E-state index is 5.53. The number of piperazine rings is 1. The van der Waals surface area contributed by atoms with Crippen molar-refractivity contribution in [1.29, 1.82) is 0 Å². The van der Waals surface area contributed by atoms with Crippen molar-refractivity contribution in [3.8, 4) is 0 Å². The molecule has 10 nitrogen and oxygen atoms in total. The molecule has 2 aromatic heterocycles. The van der Waals surface area contributed by atoms with Gasteiger partial charge in [0.1, 0.15) is 0 Å². The Morgan fingerprint density at radius 1 is 0.850 bits per heavy atom. The molecule has 210 valence electrons. The van der Waals surface area contributed by atoms with Crippen LogP contribution in [-0.4, -0.2) is 95.6 Å². The molecule has 6 rings (SSSR count). The summed E-state index contributed by atoms with van der Waals surface area (Å²) in [6.07, 6.45) is 1.87. The van der Waals surface area contributed by atoms with Crippen LogP contribution in [0.15, 0.2) is 48.7 Å². The molecule has 4 aromatic rings. The standard InChI is InChI=1S/C30H39N9O/c1-22-5-4-6-23(2)27(22)33-28-26-21-31-30(34-29(26)39(35-28)16-13-37-17-19-40-20-18-37)32-24-7-9-25(10-8-24)38-14-11-36(3)12-15-38/h4-10,21H,11-20H2,1-3H3,(H,33,35)(H,31,32,34). The summed E-state index contributed by atoms with van der Waals surface area (Å²) in [7, 11) is 2.18. The van der Waals surface area contributed by atoms with E-state index in [1.165, 1.54) is 16.8 Å². The van der Waals surface area contributed by atoms with Crippen molar-refractivity contribution in [2.75, 3.05) is 81.6 Å². The van der Waals surface area contributed by atoms with Crippen LogP contribution in [0.2, 0.25) is 0 Å². The number of rotatable bonds is 8. The molecule has 10 heteroatoms.